The molecule has 1 saturated heterocycles. The number of nitrogens with one attached hydrogen (secondary N) is 1. The van der Waals surface area contributed by atoms with Crippen LogP contribution in [0.25, 0.3) is 11.3 Å². The average molecular weight is 323 g/mol. The van der Waals surface area contributed by atoms with Gasteiger partial charge in [-0.25, -0.2) is 4.98 Å². The highest BCUT2D eigenvalue weighted by Crippen LogP contribution is 2.35. The van der Waals surface area contributed by atoms with Crippen molar-refractivity contribution in [1.82, 2.24) is 14.9 Å². The maximum Gasteiger partial charge on any atom is 0.226 e. The van der Waals surface area contributed by atoms with Gasteiger partial charge in [-0.1, -0.05) is 36.6 Å². The molecular weight excluding hydrogens is 298 g/mol. The van der Waals surface area contributed by atoms with E-state index in [1.165, 1.54) is 18.4 Å². The Morgan fingerprint density at radius 3 is 2.83 bits per heavy atom. The molecule has 1 N–H and O–H groups in total. The number of aromatic nitrogens is 2. The number of aryl methyl sites for hydroxylation is 1. The highest BCUT2D eigenvalue weighted by Gasteiger charge is 2.36. The number of amides is 1. The van der Waals surface area contributed by atoms with E-state index in [0.29, 0.717) is 5.91 Å². The van der Waals surface area contributed by atoms with Gasteiger partial charge < -0.3 is 9.88 Å². The van der Waals surface area contributed by atoms with Crippen molar-refractivity contribution in [2.45, 2.75) is 51.5 Å². The Kier molecular flexibility index (Phi) is 4.13. The summed E-state index contributed by atoms with van der Waals surface area (Å²) >= 11 is 0. The van der Waals surface area contributed by atoms with Gasteiger partial charge in [-0.15, -0.1) is 0 Å². The fourth-order valence-electron chi connectivity index (χ4n) is 4.19. The number of H-pyrrole nitrogens is 1. The number of rotatable bonds is 3. The van der Waals surface area contributed by atoms with Crippen LogP contribution in [0.15, 0.2) is 30.5 Å². The number of hydrogen-bond acceptors (Lipinski definition) is 2. The van der Waals surface area contributed by atoms with Crippen LogP contribution in [-0.2, 0) is 4.79 Å². The zero-order chi connectivity index (χ0) is 16.5. The van der Waals surface area contributed by atoms with Gasteiger partial charge in [-0.05, 0) is 44.2 Å². The van der Waals surface area contributed by atoms with Crippen LogP contribution in [0.5, 0.6) is 0 Å². The van der Waals surface area contributed by atoms with E-state index in [9.17, 15) is 4.79 Å². The number of carbonyl (C=O) groups is 1. The van der Waals surface area contributed by atoms with E-state index in [2.05, 4.69) is 46.1 Å². The van der Waals surface area contributed by atoms with Crippen molar-refractivity contribution in [2.75, 3.05) is 6.54 Å². The number of aromatic amines is 1. The van der Waals surface area contributed by atoms with Crippen molar-refractivity contribution < 1.29 is 4.79 Å². The van der Waals surface area contributed by atoms with E-state index in [1.807, 2.05) is 6.20 Å². The fraction of sp³-hybridized carbons (Fsp3) is 0.500. The van der Waals surface area contributed by atoms with Crippen LogP contribution in [0.4, 0.5) is 0 Å². The first-order chi connectivity index (χ1) is 11.7. The third-order valence-electron chi connectivity index (χ3n) is 5.48. The molecule has 1 aromatic carbocycles. The SMILES string of the molecule is Cc1cccc(-c2cnc([C@@H]3CCCN3C(=O)C3CCCC3)[nH]2)c1. The lowest BCUT2D eigenvalue weighted by Gasteiger charge is -2.26. The number of carbonyl (C=O) groups excluding carboxylic acids is 1. The van der Waals surface area contributed by atoms with E-state index in [1.54, 1.807) is 0 Å². The van der Waals surface area contributed by atoms with Gasteiger partial charge >= 0.3 is 0 Å². The zero-order valence-electron chi connectivity index (χ0n) is 14.3. The molecule has 0 bridgehead atoms. The zero-order valence-corrected chi connectivity index (χ0v) is 14.3. The van der Waals surface area contributed by atoms with Gasteiger partial charge in [0, 0.05) is 12.5 Å². The van der Waals surface area contributed by atoms with Crippen LogP contribution in [-0.4, -0.2) is 27.3 Å². The lowest BCUT2D eigenvalue weighted by Crippen LogP contribution is -2.35. The van der Waals surface area contributed by atoms with Gasteiger partial charge in [0.05, 0.1) is 17.9 Å². The number of benzene rings is 1. The van der Waals surface area contributed by atoms with Crippen molar-refractivity contribution in [1.29, 1.82) is 0 Å². The first-order valence-electron chi connectivity index (χ1n) is 9.15. The number of hydrogen-bond donors (Lipinski definition) is 1. The molecule has 1 amide bonds. The standard InChI is InChI=1S/C20H25N3O/c1-14-6-4-9-16(12-14)17-13-21-19(22-17)18-10-5-11-23(18)20(24)15-7-2-3-8-15/h4,6,9,12-13,15,18H,2-3,5,7-8,10-11H2,1H3,(H,21,22)/t18-/m0/s1. The van der Waals surface area contributed by atoms with Crippen LogP contribution in [0.2, 0.25) is 0 Å². The fourth-order valence-corrected chi connectivity index (χ4v) is 4.19. The van der Waals surface area contributed by atoms with E-state index < -0.39 is 0 Å². The molecule has 2 aromatic rings. The number of imidazole rings is 1. The maximum absolute atomic E-state index is 12.8. The number of nitrogens with zero attached hydrogens (tertiary/aromatic N) is 2. The molecule has 126 valence electrons. The van der Waals surface area contributed by atoms with Crippen molar-refractivity contribution >= 4 is 5.91 Å². The van der Waals surface area contributed by atoms with Crippen molar-refractivity contribution in [3.8, 4) is 11.3 Å². The van der Waals surface area contributed by atoms with Crippen LogP contribution in [0.3, 0.4) is 0 Å². The van der Waals surface area contributed by atoms with Gasteiger partial charge in [0.2, 0.25) is 5.91 Å². The normalized spacial score (nSPS) is 21.5. The Hall–Kier alpha value is -2.10. The van der Waals surface area contributed by atoms with E-state index in [4.69, 9.17) is 0 Å². The second-order valence-electron chi connectivity index (χ2n) is 7.22. The van der Waals surface area contributed by atoms with Crippen molar-refractivity contribution in [2.24, 2.45) is 5.92 Å². The highest BCUT2D eigenvalue weighted by molar-refractivity contribution is 5.79. The quantitative estimate of drug-likeness (QED) is 0.918. The van der Waals surface area contributed by atoms with Crippen LogP contribution >= 0.6 is 0 Å². The first kappa shape index (κ1) is 15.4. The molecule has 0 radical (unpaired) electrons. The minimum atomic E-state index is 0.122. The largest absolute Gasteiger partial charge is 0.340 e. The lowest BCUT2D eigenvalue weighted by atomic mass is 10.1. The molecule has 1 atom stereocenters. The molecule has 24 heavy (non-hydrogen) atoms. The molecule has 4 rings (SSSR count). The van der Waals surface area contributed by atoms with Gasteiger partial charge in [-0.2, -0.15) is 0 Å². The van der Waals surface area contributed by atoms with Gasteiger partial charge in [-0.3, -0.25) is 4.79 Å². The Bertz CT molecular complexity index is 730. The van der Waals surface area contributed by atoms with Gasteiger partial charge in [0.15, 0.2) is 0 Å². The summed E-state index contributed by atoms with van der Waals surface area (Å²) in [5, 5.41) is 0. The third kappa shape index (κ3) is 2.85. The molecule has 0 unspecified atom stereocenters. The van der Waals surface area contributed by atoms with Gasteiger partial charge in [0.1, 0.15) is 5.82 Å². The molecule has 2 heterocycles. The summed E-state index contributed by atoms with van der Waals surface area (Å²) in [7, 11) is 0. The third-order valence-corrected chi connectivity index (χ3v) is 5.48. The summed E-state index contributed by atoms with van der Waals surface area (Å²) in [6.07, 6.45) is 8.52. The van der Waals surface area contributed by atoms with Crippen molar-refractivity contribution in [3.63, 3.8) is 0 Å². The van der Waals surface area contributed by atoms with E-state index in [-0.39, 0.29) is 12.0 Å². The summed E-state index contributed by atoms with van der Waals surface area (Å²) in [6, 6.07) is 8.54. The monoisotopic (exact) mass is 323 g/mol. The molecule has 1 aliphatic heterocycles. The molecule has 1 aliphatic carbocycles. The Balaban J connectivity index is 1.55. The molecule has 1 aromatic heterocycles. The summed E-state index contributed by atoms with van der Waals surface area (Å²) in [4.78, 5) is 23.0. The predicted molar refractivity (Wildman–Crippen MR) is 94.4 cm³/mol. The summed E-state index contributed by atoms with van der Waals surface area (Å²) in [5.41, 5.74) is 3.43. The smallest absolute Gasteiger partial charge is 0.226 e. The highest BCUT2D eigenvalue weighted by atomic mass is 16.2. The molecular formula is C20H25N3O. The summed E-state index contributed by atoms with van der Waals surface area (Å²) < 4.78 is 0. The second-order valence-corrected chi connectivity index (χ2v) is 7.22. The molecule has 4 heteroatoms. The maximum atomic E-state index is 12.8. The van der Waals surface area contributed by atoms with Crippen molar-refractivity contribution in [3.05, 3.63) is 41.9 Å². The lowest BCUT2D eigenvalue weighted by molar-refractivity contribution is -0.136. The Morgan fingerprint density at radius 2 is 2.04 bits per heavy atom. The van der Waals surface area contributed by atoms with Gasteiger partial charge in [0.25, 0.3) is 0 Å². The predicted octanol–water partition coefficient (Wildman–Crippen LogP) is 4.24. The summed E-state index contributed by atoms with van der Waals surface area (Å²) in [5.74, 6) is 1.54. The minimum Gasteiger partial charge on any atom is -0.340 e. The van der Waals surface area contributed by atoms with E-state index in [0.717, 1.165) is 49.3 Å². The molecule has 0 spiro atoms. The molecule has 4 nitrogen and oxygen atoms in total. The number of likely N-dealkylation sites (tertiary alicyclic amines) is 1. The second kappa shape index (κ2) is 6.42. The molecule has 2 fully saturated rings. The molecule has 1 saturated carbocycles. The molecule has 2 aliphatic rings. The van der Waals surface area contributed by atoms with E-state index >= 15 is 0 Å². The van der Waals surface area contributed by atoms with Crippen LogP contribution in [0.1, 0.15) is 56.0 Å². The average Bonchev–Trinajstić information content (AvgIpc) is 3.33. The Labute approximate surface area is 143 Å². The van der Waals surface area contributed by atoms with Crippen LogP contribution in [0, 0.1) is 12.8 Å². The topological polar surface area (TPSA) is 49.0 Å². The Morgan fingerprint density at radius 1 is 1.21 bits per heavy atom. The summed E-state index contributed by atoms with van der Waals surface area (Å²) in [6.45, 7) is 2.97. The van der Waals surface area contributed by atoms with Crippen LogP contribution < -0.4 is 0 Å². The first-order valence-corrected chi connectivity index (χ1v) is 9.15. The minimum absolute atomic E-state index is 0.122.